The van der Waals surface area contributed by atoms with Crippen LogP contribution in [0.1, 0.15) is 12.0 Å². The van der Waals surface area contributed by atoms with Gasteiger partial charge in [-0.1, -0.05) is 29.8 Å². The molecule has 1 saturated heterocycles. The second kappa shape index (κ2) is 8.17. The Balaban J connectivity index is 1.42. The summed E-state index contributed by atoms with van der Waals surface area (Å²) in [4.78, 5) is 41.8. The van der Waals surface area contributed by atoms with Crippen LogP contribution in [0.15, 0.2) is 48.7 Å². The van der Waals surface area contributed by atoms with Gasteiger partial charge in [0.1, 0.15) is 11.8 Å². The monoisotopic (exact) mass is 426 g/mol. The van der Waals surface area contributed by atoms with Crippen LogP contribution in [0.4, 0.5) is 5.69 Å². The molecule has 2 heterocycles. The molecular formula is C21H19ClN4O4. The summed E-state index contributed by atoms with van der Waals surface area (Å²) in [6.07, 6.45) is 1.81. The molecule has 0 unspecified atom stereocenters. The van der Waals surface area contributed by atoms with Gasteiger partial charge in [0.05, 0.1) is 25.6 Å². The molecule has 0 radical (unpaired) electrons. The predicted molar refractivity (Wildman–Crippen MR) is 112 cm³/mol. The molecule has 30 heavy (non-hydrogen) atoms. The lowest BCUT2D eigenvalue weighted by Crippen LogP contribution is -2.48. The van der Waals surface area contributed by atoms with E-state index in [9.17, 15) is 14.4 Å². The maximum Gasteiger partial charge on any atom is 0.253 e. The maximum atomic E-state index is 12.8. The SMILES string of the molecule is COc1ccc(Cl)cc1N1C(=O)C[C@H](NNC(=O)Cc2c[nH]c3ccccc23)C1=O. The summed E-state index contributed by atoms with van der Waals surface area (Å²) >= 11 is 6.02. The first-order valence-corrected chi connectivity index (χ1v) is 9.65. The molecule has 0 spiro atoms. The number of amides is 3. The lowest BCUT2D eigenvalue weighted by molar-refractivity contribution is -0.122. The average molecular weight is 427 g/mol. The summed E-state index contributed by atoms with van der Waals surface area (Å²) in [6.45, 7) is 0. The van der Waals surface area contributed by atoms with E-state index in [0.717, 1.165) is 21.4 Å². The Labute approximate surface area is 177 Å². The number of aromatic amines is 1. The second-order valence-corrected chi connectivity index (χ2v) is 7.31. The minimum atomic E-state index is -0.881. The van der Waals surface area contributed by atoms with Crippen molar-refractivity contribution < 1.29 is 19.1 Å². The summed E-state index contributed by atoms with van der Waals surface area (Å²) in [5, 5.41) is 1.33. The third kappa shape index (κ3) is 3.74. The highest BCUT2D eigenvalue weighted by atomic mass is 35.5. The van der Waals surface area contributed by atoms with Gasteiger partial charge in [-0.25, -0.2) is 10.3 Å². The summed E-state index contributed by atoms with van der Waals surface area (Å²) in [5.74, 6) is -0.874. The van der Waals surface area contributed by atoms with E-state index in [1.54, 1.807) is 18.3 Å². The van der Waals surface area contributed by atoms with Crippen molar-refractivity contribution in [2.75, 3.05) is 12.0 Å². The van der Waals surface area contributed by atoms with Gasteiger partial charge in [0.2, 0.25) is 11.8 Å². The fourth-order valence-corrected chi connectivity index (χ4v) is 3.66. The third-order valence-electron chi connectivity index (χ3n) is 4.94. The van der Waals surface area contributed by atoms with Gasteiger partial charge in [0.15, 0.2) is 0 Å². The number of aromatic nitrogens is 1. The molecule has 1 fully saturated rings. The highest BCUT2D eigenvalue weighted by Crippen LogP contribution is 2.34. The van der Waals surface area contributed by atoms with E-state index in [4.69, 9.17) is 16.3 Å². The highest BCUT2D eigenvalue weighted by Gasteiger charge is 2.41. The molecule has 1 aromatic heterocycles. The molecule has 3 amide bonds. The van der Waals surface area contributed by atoms with E-state index in [-0.39, 0.29) is 24.4 Å². The number of ether oxygens (including phenoxy) is 1. The standard InChI is InChI=1S/C21H19ClN4O4/c1-30-18-7-6-13(22)9-17(18)26-20(28)10-16(21(26)29)24-25-19(27)8-12-11-23-15-5-3-2-4-14(12)15/h2-7,9,11,16,23-24H,8,10H2,1H3,(H,25,27)/t16-/m0/s1. The van der Waals surface area contributed by atoms with Crippen LogP contribution in [0.5, 0.6) is 5.75 Å². The molecule has 1 aliphatic rings. The number of benzene rings is 2. The summed E-state index contributed by atoms with van der Waals surface area (Å²) < 4.78 is 5.24. The number of para-hydroxylation sites is 1. The van der Waals surface area contributed by atoms with Crippen LogP contribution in [0.25, 0.3) is 10.9 Å². The first-order valence-electron chi connectivity index (χ1n) is 9.27. The number of hydrogen-bond donors (Lipinski definition) is 3. The van der Waals surface area contributed by atoms with Gasteiger partial charge in [-0.2, -0.15) is 0 Å². The Morgan fingerprint density at radius 3 is 2.87 bits per heavy atom. The topological polar surface area (TPSA) is 104 Å². The predicted octanol–water partition coefficient (Wildman–Crippen LogP) is 2.33. The van der Waals surface area contributed by atoms with Gasteiger partial charge >= 0.3 is 0 Å². The minimum Gasteiger partial charge on any atom is -0.495 e. The van der Waals surface area contributed by atoms with E-state index in [1.165, 1.54) is 13.2 Å². The van der Waals surface area contributed by atoms with Crippen molar-refractivity contribution in [1.82, 2.24) is 15.8 Å². The number of carbonyl (C=O) groups excluding carboxylic acids is 3. The number of fused-ring (bicyclic) bond motifs is 1. The van der Waals surface area contributed by atoms with E-state index < -0.39 is 17.9 Å². The van der Waals surface area contributed by atoms with E-state index in [2.05, 4.69) is 15.8 Å². The van der Waals surface area contributed by atoms with Crippen LogP contribution in [0, 0.1) is 0 Å². The summed E-state index contributed by atoms with van der Waals surface area (Å²) in [5.41, 5.74) is 7.26. The van der Waals surface area contributed by atoms with Crippen molar-refractivity contribution in [2.24, 2.45) is 0 Å². The zero-order chi connectivity index (χ0) is 21.3. The van der Waals surface area contributed by atoms with E-state index in [0.29, 0.717) is 10.8 Å². The van der Waals surface area contributed by atoms with Gasteiger partial charge in [0.25, 0.3) is 5.91 Å². The van der Waals surface area contributed by atoms with E-state index in [1.807, 2.05) is 24.3 Å². The molecular weight excluding hydrogens is 408 g/mol. The lowest BCUT2D eigenvalue weighted by atomic mass is 10.1. The number of rotatable bonds is 6. The molecule has 154 valence electrons. The summed E-state index contributed by atoms with van der Waals surface area (Å²) in [7, 11) is 1.44. The molecule has 0 bridgehead atoms. The third-order valence-corrected chi connectivity index (χ3v) is 5.18. The van der Waals surface area contributed by atoms with Gasteiger partial charge in [0, 0.05) is 22.1 Å². The number of carbonyl (C=O) groups is 3. The molecule has 0 aliphatic carbocycles. The van der Waals surface area contributed by atoms with Crippen LogP contribution in [-0.2, 0) is 20.8 Å². The maximum absolute atomic E-state index is 12.8. The summed E-state index contributed by atoms with van der Waals surface area (Å²) in [6, 6.07) is 11.5. The zero-order valence-electron chi connectivity index (χ0n) is 16.1. The lowest BCUT2D eigenvalue weighted by Gasteiger charge is -2.18. The molecule has 2 aromatic carbocycles. The Kier molecular flexibility index (Phi) is 5.43. The van der Waals surface area contributed by atoms with Crippen LogP contribution in [0.2, 0.25) is 5.02 Å². The number of halogens is 1. The second-order valence-electron chi connectivity index (χ2n) is 6.87. The number of methoxy groups -OCH3 is 1. The molecule has 1 atom stereocenters. The first-order chi connectivity index (χ1) is 14.5. The van der Waals surface area contributed by atoms with Crippen molar-refractivity contribution in [3.63, 3.8) is 0 Å². The van der Waals surface area contributed by atoms with E-state index >= 15 is 0 Å². The average Bonchev–Trinajstić information content (AvgIpc) is 3.26. The largest absolute Gasteiger partial charge is 0.495 e. The fourth-order valence-electron chi connectivity index (χ4n) is 3.50. The number of hydrogen-bond acceptors (Lipinski definition) is 5. The van der Waals surface area contributed by atoms with Gasteiger partial charge in [-0.3, -0.25) is 19.8 Å². The van der Waals surface area contributed by atoms with Crippen molar-refractivity contribution in [3.05, 3.63) is 59.2 Å². The quantitative estimate of drug-likeness (QED) is 0.414. The van der Waals surface area contributed by atoms with Crippen molar-refractivity contribution >= 4 is 45.9 Å². The number of H-pyrrole nitrogens is 1. The van der Waals surface area contributed by atoms with Crippen molar-refractivity contribution in [3.8, 4) is 5.75 Å². The normalized spacial score (nSPS) is 16.3. The van der Waals surface area contributed by atoms with Crippen LogP contribution < -0.4 is 20.5 Å². The molecule has 3 aromatic rings. The van der Waals surface area contributed by atoms with Crippen LogP contribution in [-0.4, -0.2) is 35.9 Å². The number of imide groups is 1. The molecule has 3 N–H and O–H groups in total. The molecule has 4 rings (SSSR count). The molecule has 8 nitrogen and oxygen atoms in total. The van der Waals surface area contributed by atoms with Gasteiger partial charge in [-0.05, 0) is 29.8 Å². The number of nitrogens with one attached hydrogen (secondary N) is 3. The smallest absolute Gasteiger partial charge is 0.253 e. The highest BCUT2D eigenvalue weighted by molar-refractivity contribution is 6.31. The molecule has 9 heteroatoms. The Hall–Kier alpha value is -3.36. The number of nitrogens with zero attached hydrogens (tertiary/aromatic N) is 1. The van der Waals surface area contributed by atoms with Crippen molar-refractivity contribution in [1.29, 1.82) is 0 Å². The van der Waals surface area contributed by atoms with Crippen LogP contribution >= 0.6 is 11.6 Å². The van der Waals surface area contributed by atoms with Crippen LogP contribution in [0.3, 0.4) is 0 Å². The Morgan fingerprint density at radius 2 is 2.07 bits per heavy atom. The molecule has 0 saturated carbocycles. The van der Waals surface area contributed by atoms with Gasteiger partial charge < -0.3 is 9.72 Å². The Bertz CT molecular complexity index is 1140. The fraction of sp³-hybridized carbons (Fsp3) is 0.190. The Morgan fingerprint density at radius 1 is 1.27 bits per heavy atom. The number of hydrazine groups is 1. The first kappa shape index (κ1) is 19.9. The molecule has 1 aliphatic heterocycles. The van der Waals surface area contributed by atoms with Crippen molar-refractivity contribution in [2.45, 2.75) is 18.9 Å². The zero-order valence-corrected chi connectivity index (χ0v) is 16.8. The van der Waals surface area contributed by atoms with Gasteiger partial charge in [-0.15, -0.1) is 0 Å². The minimum absolute atomic E-state index is 0.0954. The number of anilines is 1.